The van der Waals surface area contributed by atoms with Gasteiger partial charge in [0.1, 0.15) is 0 Å². The molecule has 0 aliphatic rings. The maximum atomic E-state index is 11.6. The van der Waals surface area contributed by atoms with E-state index in [4.69, 9.17) is 5.53 Å². The van der Waals surface area contributed by atoms with E-state index in [-0.39, 0.29) is 30.1 Å². The maximum absolute atomic E-state index is 11.6. The lowest BCUT2D eigenvalue weighted by atomic mass is 10.0. The number of carbonyl (C=O) groups is 2. The van der Waals surface area contributed by atoms with E-state index in [1.165, 1.54) is 6.92 Å². The quantitative estimate of drug-likeness (QED) is 0.326. The highest BCUT2D eigenvalue weighted by atomic mass is 16.1. The summed E-state index contributed by atoms with van der Waals surface area (Å²) < 4.78 is 0. The summed E-state index contributed by atoms with van der Waals surface area (Å²) in [6.07, 6.45) is 0.336. The standard InChI is InChI=1S/C12H12N2O2/c1-9(15)11(14-13)7-8-12(16)10-5-3-2-4-6-10/h2-6H,7-8H2,1H3. The van der Waals surface area contributed by atoms with Gasteiger partial charge in [0.05, 0.1) is 6.42 Å². The van der Waals surface area contributed by atoms with Gasteiger partial charge in [-0.2, -0.15) is 4.79 Å². The van der Waals surface area contributed by atoms with E-state index in [9.17, 15) is 9.59 Å². The third kappa shape index (κ3) is 3.26. The molecule has 0 N–H and O–H groups in total. The predicted octanol–water partition coefficient (Wildman–Crippen LogP) is 1.91. The highest BCUT2D eigenvalue weighted by Crippen LogP contribution is 2.05. The van der Waals surface area contributed by atoms with Gasteiger partial charge in [-0.15, -0.1) is 0 Å². The molecular formula is C12H12N2O2. The molecule has 1 aromatic carbocycles. The molecule has 0 amide bonds. The van der Waals surface area contributed by atoms with Crippen molar-refractivity contribution in [1.29, 1.82) is 0 Å². The summed E-state index contributed by atoms with van der Waals surface area (Å²) in [6.45, 7) is 1.31. The van der Waals surface area contributed by atoms with E-state index in [1.807, 2.05) is 6.07 Å². The lowest BCUT2D eigenvalue weighted by molar-refractivity contribution is -0.115. The number of hydrogen-bond acceptors (Lipinski definition) is 2. The van der Waals surface area contributed by atoms with Crippen molar-refractivity contribution in [3.8, 4) is 0 Å². The average molecular weight is 216 g/mol. The summed E-state index contributed by atoms with van der Waals surface area (Å²) in [7, 11) is 0. The van der Waals surface area contributed by atoms with Crippen molar-refractivity contribution in [2.45, 2.75) is 19.8 Å². The molecule has 0 spiro atoms. The van der Waals surface area contributed by atoms with Gasteiger partial charge >= 0.3 is 5.71 Å². The molecular weight excluding hydrogens is 204 g/mol. The third-order valence-electron chi connectivity index (χ3n) is 2.21. The van der Waals surface area contributed by atoms with Crippen LogP contribution < -0.4 is 0 Å². The largest absolute Gasteiger partial charge is 0.361 e. The van der Waals surface area contributed by atoms with E-state index >= 15 is 0 Å². The van der Waals surface area contributed by atoms with Crippen molar-refractivity contribution in [3.05, 3.63) is 41.4 Å². The van der Waals surface area contributed by atoms with Crippen LogP contribution in [0.5, 0.6) is 0 Å². The Bertz CT molecular complexity index is 445. The average Bonchev–Trinajstić information content (AvgIpc) is 2.30. The molecule has 16 heavy (non-hydrogen) atoms. The Hall–Kier alpha value is -2.06. The van der Waals surface area contributed by atoms with E-state index in [1.54, 1.807) is 24.3 Å². The first kappa shape index (κ1) is 12.0. The van der Waals surface area contributed by atoms with Gasteiger partial charge in [0, 0.05) is 18.9 Å². The lowest BCUT2D eigenvalue weighted by Gasteiger charge is -1.97. The Morgan fingerprint density at radius 2 is 1.81 bits per heavy atom. The van der Waals surface area contributed by atoms with Crippen LogP contribution in [0.15, 0.2) is 30.3 Å². The molecule has 82 valence electrons. The smallest absolute Gasteiger partial charge is 0.334 e. The summed E-state index contributed by atoms with van der Waals surface area (Å²) in [5.74, 6) is -0.383. The van der Waals surface area contributed by atoms with Crippen LogP contribution in [0.4, 0.5) is 0 Å². The summed E-state index contributed by atoms with van der Waals surface area (Å²) >= 11 is 0. The molecule has 0 atom stereocenters. The zero-order chi connectivity index (χ0) is 12.0. The Kier molecular flexibility index (Phi) is 4.30. The normalized spacial score (nSPS) is 9.31. The molecule has 1 rings (SSSR count). The molecule has 1 aromatic rings. The van der Waals surface area contributed by atoms with Crippen molar-refractivity contribution in [2.75, 3.05) is 0 Å². The highest BCUT2D eigenvalue weighted by molar-refractivity contribution is 6.36. The van der Waals surface area contributed by atoms with Crippen molar-refractivity contribution in [2.24, 2.45) is 0 Å². The van der Waals surface area contributed by atoms with Gasteiger partial charge < -0.3 is 5.53 Å². The van der Waals surface area contributed by atoms with Gasteiger partial charge in [-0.1, -0.05) is 30.3 Å². The predicted molar refractivity (Wildman–Crippen MR) is 59.3 cm³/mol. The van der Waals surface area contributed by atoms with Crippen LogP contribution in [-0.2, 0) is 4.79 Å². The summed E-state index contributed by atoms with van der Waals surface area (Å²) in [5, 5.41) is 0. The monoisotopic (exact) mass is 216 g/mol. The van der Waals surface area contributed by atoms with Crippen LogP contribution in [0.1, 0.15) is 30.1 Å². The molecule has 4 heteroatoms. The SMILES string of the molecule is CC(=O)C(CCC(=O)c1ccccc1)=[N+]=[N-]. The Morgan fingerprint density at radius 1 is 1.19 bits per heavy atom. The second kappa shape index (κ2) is 5.73. The highest BCUT2D eigenvalue weighted by Gasteiger charge is 2.16. The number of hydrogen-bond donors (Lipinski definition) is 0. The van der Waals surface area contributed by atoms with E-state index in [2.05, 4.69) is 4.79 Å². The zero-order valence-corrected chi connectivity index (χ0v) is 9.01. The second-order valence-electron chi connectivity index (χ2n) is 3.39. The molecule has 0 unspecified atom stereocenters. The molecule has 0 saturated carbocycles. The van der Waals surface area contributed by atoms with E-state index in [0.717, 1.165) is 0 Å². The van der Waals surface area contributed by atoms with E-state index < -0.39 is 0 Å². The van der Waals surface area contributed by atoms with E-state index in [0.29, 0.717) is 5.56 Å². The molecule has 0 aliphatic carbocycles. The van der Waals surface area contributed by atoms with Gasteiger partial charge in [-0.3, -0.25) is 9.59 Å². The fourth-order valence-corrected chi connectivity index (χ4v) is 1.30. The van der Waals surface area contributed by atoms with Gasteiger partial charge in [0.15, 0.2) is 5.78 Å². The van der Waals surface area contributed by atoms with Gasteiger partial charge in [-0.25, -0.2) is 0 Å². The Labute approximate surface area is 93.5 Å². The second-order valence-corrected chi connectivity index (χ2v) is 3.39. The van der Waals surface area contributed by atoms with Gasteiger partial charge in [0.2, 0.25) is 5.78 Å². The first-order valence-corrected chi connectivity index (χ1v) is 4.95. The maximum Gasteiger partial charge on any atom is 0.334 e. The first-order chi connectivity index (χ1) is 7.65. The van der Waals surface area contributed by atoms with Crippen LogP contribution in [0.2, 0.25) is 0 Å². The fraction of sp³-hybridized carbons (Fsp3) is 0.250. The number of carbonyl (C=O) groups excluding carboxylic acids is 2. The summed E-state index contributed by atoms with van der Waals surface area (Å²) in [6, 6.07) is 8.81. The zero-order valence-electron chi connectivity index (χ0n) is 9.01. The molecule has 4 nitrogen and oxygen atoms in total. The Morgan fingerprint density at radius 3 is 2.31 bits per heavy atom. The molecule has 0 fully saturated rings. The number of benzene rings is 1. The number of Topliss-reactive ketones (excluding diaryl/α,β-unsaturated/α-hetero) is 2. The van der Waals surface area contributed by atoms with Crippen molar-refractivity contribution < 1.29 is 14.4 Å². The van der Waals surface area contributed by atoms with Crippen molar-refractivity contribution in [1.82, 2.24) is 0 Å². The van der Waals surface area contributed by atoms with Gasteiger partial charge in [0.25, 0.3) is 0 Å². The minimum atomic E-state index is -0.316. The molecule has 0 aliphatic heterocycles. The molecule has 0 saturated heterocycles. The molecule has 0 aromatic heterocycles. The van der Waals surface area contributed by atoms with Crippen LogP contribution in [0, 0.1) is 0 Å². The number of ketones is 2. The molecule has 0 bridgehead atoms. The van der Waals surface area contributed by atoms with Crippen molar-refractivity contribution >= 4 is 17.3 Å². The first-order valence-electron chi connectivity index (χ1n) is 4.95. The van der Waals surface area contributed by atoms with Crippen molar-refractivity contribution in [3.63, 3.8) is 0 Å². The van der Waals surface area contributed by atoms with Crippen LogP contribution in [0.3, 0.4) is 0 Å². The minimum absolute atomic E-state index is 0.0317. The van der Waals surface area contributed by atoms with Crippen LogP contribution in [0.25, 0.3) is 5.53 Å². The topological polar surface area (TPSA) is 70.5 Å². The summed E-state index contributed by atoms with van der Waals surface area (Å²) in [5.41, 5.74) is 9.17. The van der Waals surface area contributed by atoms with Crippen LogP contribution >= 0.6 is 0 Å². The molecule has 0 radical (unpaired) electrons. The number of rotatable bonds is 5. The van der Waals surface area contributed by atoms with Gasteiger partial charge in [-0.05, 0) is 0 Å². The lowest BCUT2D eigenvalue weighted by Crippen LogP contribution is -2.13. The fourth-order valence-electron chi connectivity index (χ4n) is 1.30. The molecule has 0 heterocycles. The van der Waals surface area contributed by atoms with Crippen LogP contribution in [-0.4, -0.2) is 22.1 Å². The third-order valence-corrected chi connectivity index (χ3v) is 2.21. The number of nitrogens with zero attached hydrogens (tertiary/aromatic N) is 2. The Balaban J connectivity index is 2.61. The summed E-state index contributed by atoms with van der Waals surface area (Å²) in [4.78, 5) is 25.4. The minimum Gasteiger partial charge on any atom is -0.361 e.